The van der Waals surface area contributed by atoms with Crippen molar-refractivity contribution in [3.8, 4) is 0 Å². The van der Waals surface area contributed by atoms with Crippen LogP contribution in [0.4, 0.5) is 43.9 Å². The molecular weight excluding hydrogens is 388 g/mol. The van der Waals surface area contributed by atoms with Gasteiger partial charge in [0.15, 0.2) is 46.5 Å². The second-order valence-corrected chi connectivity index (χ2v) is 4.54. The Morgan fingerprint density at radius 2 is 0.885 bits per heavy atom. The molecule has 0 heterocycles. The van der Waals surface area contributed by atoms with E-state index in [1.165, 1.54) is 0 Å². The van der Waals surface area contributed by atoms with E-state index in [9.17, 15) is 43.9 Å². The van der Waals surface area contributed by atoms with Crippen molar-refractivity contribution >= 4 is 6.21 Å². The average molecular weight is 391 g/mol. The standard InChI is InChI=1S/C14H3F10NO/c15-5-3(6(16)10(20)13(23)9(5)19)1-25-26-2-4-7(17)11(21)14(24)12(22)8(4)18/h1H,2H2/b25-1+. The SMILES string of the molecule is Fc1c(F)c(F)c(/C=N/OCc2c(F)c(F)c(F)c(F)c2F)c(F)c1F. The fraction of sp³-hybridized carbons (Fsp3) is 0.0714. The van der Waals surface area contributed by atoms with Gasteiger partial charge in [-0.25, -0.2) is 43.9 Å². The fourth-order valence-electron chi connectivity index (χ4n) is 1.70. The molecule has 0 saturated heterocycles. The van der Waals surface area contributed by atoms with Crippen molar-refractivity contribution in [3.05, 3.63) is 69.3 Å². The highest BCUT2D eigenvalue weighted by Crippen LogP contribution is 2.24. The monoisotopic (exact) mass is 391 g/mol. The molecule has 0 aliphatic heterocycles. The number of benzene rings is 2. The molecule has 0 radical (unpaired) electrons. The second-order valence-electron chi connectivity index (χ2n) is 4.54. The van der Waals surface area contributed by atoms with Crippen molar-refractivity contribution in [3.63, 3.8) is 0 Å². The third-order valence-corrected chi connectivity index (χ3v) is 3.01. The largest absolute Gasteiger partial charge is 0.391 e. The molecule has 2 aromatic carbocycles. The molecule has 0 spiro atoms. The first-order valence-corrected chi connectivity index (χ1v) is 6.26. The predicted octanol–water partition coefficient (Wildman–Crippen LogP) is 4.63. The maximum Gasteiger partial charge on any atom is 0.200 e. The van der Waals surface area contributed by atoms with Crippen LogP contribution in [0.15, 0.2) is 5.16 Å². The van der Waals surface area contributed by atoms with Gasteiger partial charge < -0.3 is 4.84 Å². The third-order valence-electron chi connectivity index (χ3n) is 3.01. The first-order valence-electron chi connectivity index (χ1n) is 6.26. The van der Waals surface area contributed by atoms with Gasteiger partial charge in [-0.2, -0.15) is 0 Å². The summed E-state index contributed by atoms with van der Waals surface area (Å²) in [6.07, 6.45) is -0.0255. The molecule has 12 heteroatoms. The van der Waals surface area contributed by atoms with Crippen LogP contribution in [0.1, 0.15) is 11.1 Å². The zero-order chi connectivity index (χ0) is 19.8. The molecule has 0 unspecified atom stereocenters. The Labute approximate surface area is 137 Å². The molecule has 2 nitrogen and oxygen atoms in total. The van der Waals surface area contributed by atoms with Gasteiger partial charge in [-0.05, 0) is 0 Å². The molecule has 0 bridgehead atoms. The van der Waals surface area contributed by atoms with Gasteiger partial charge >= 0.3 is 0 Å². The van der Waals surface area contributed by atoms with Crippen LogP contribution >= 0.6 is 0 Å². The second kappa shape index (κ2) is 7.22. The van der Waals surface area contributed by atoms with Gasteiger partial charge in [0.1, 0.15) is 6.61 Å². The molecule has 0 aromatic heterocycles. The van der Waals surface area contributed by atoms with E-state index in [4.69, 9.17) is 0 Å². The summed E-state index contributed by atoms with van der Waals surface area (Å²) in [6.45, 7) is -1.39. The van der Waals surface area contributed by atoms with Crippen LogP contribution in [0, 0.1) is 58.2 Å². The van der Waals surface area contributed by atoms with Crippen LogP contribution in [0.25, 0.3) is 0 Å². The molecule has 0 saturated carbocycles. The summed E-state index contributed by atoms with van der Waals surface area (Å²) in [7, 11) is 0. The van der Waals surface area contributed by atoms with Gasteiger partial charge in [0.2, 0.25) is 11.6 Å². The lowest BCUT2D eigenvalue weighted by molar-refractivity contribution is 0.124. The highest BCUT2D eigenvalue weighted by Gasteiger charge is 2.26. The molecule has 2 rings (SSSR count). The van der Waals surface area contributed by atoms with Crippen molar-refractivity contribution in [1.29, 1.82) is 0 Å². The Bertz CT molecular complexity index is 854. The van der Waals surface area contributed by atoms with E-state index in [-0.39, 0.29) is 6.21 Å². The number of rotatable bonds is 4. The summed E-state index contributed by atoms with van der Waals surface area (Å²) in [6, 6.07) is 0. The van der Waals surface area contributed by atoms with Crippen LogP contribution in [0.3, 0.4) is 0 Å². The van der Waals surface area contributed by atoms with Crippen molar-refractivity contribution in [2.45, 2.75) is 6.61 Å². The lowest BCUT2D eigenvalue weighted by Gasteiger charge is -2.07. The van der Waals surface area contributed by atoms with Gasteiger partial charge in [0.25, 0.3) is 0 Å². The molecule has 0 atom stereocenters. The van der Waals surface area contributed by atoms with E-state index in [2.05, 4.69) is 9.99 Å². The van der Waals surface area contributed by atoms with Crippen LogP contribution in [-0.4, -0.2) is 6.21 Å². The Hall–Kier alpha value is -2.79. The molecule has 0 amide bonds. The lowest BCUT2D eigenvalue weighted by atomic mass is 10.2. The minimum atomic E-state index is -2.43. The summed E-state index contributed by atoms with van der Waals surface area (Å²) >= 11 is 0. The van der Waals surface area contributed by atoms with Crippen LogP contribution in [-0.2, 0) is 11.4 Å². The van der Waals surface area contributed by atoms with Gasteiger partial charge in [0.05, 0.1) is 17.3 Å². The smallest absolute Gasteiger partial charge is 0.200 e. The summed E-state index contributed by atoms with van der Waals surface area (Å²) in [4.78, 5) is 4.12. The Balaban J connectivity index is 2.28. The van der Waals surface area contributed by atoms with E-state index in [1.807, 2.05) is 0 Å². The highest BCUT2D eigenvalue weighted by atomic mass is 19.2. The van der Waals surface area contributed by atoms with E-state index in [1.54, 1.807) is 0 Å². The fourth-order valence-corrected chi connectivity index (χ4v) is 1.70. The van der Waals surface area contributed by atoms with Crippen molar-refractivity contribution in [2.24, 2.45) is 5.16 Å². The maximum atomic E-state index is 13.3. The van der Waals surface area contributed by atoms with E-state index in [0.717, 1.165) is 0 Å². The lowest BCUT2D eigenvalue weighted by Crippen LogP contribution is -2.08. The molecule has 0 aliphatic carbocycles. The zero-order valence-electron chi connectivity index (χ0n) is 11.9. The minimum absolute atomic E-state index is 0.0255. The highest BCUT2D eigenvalue weighted by molar-refractivity contribution is 5.80. The summed E-state index contributed by atoms with van der Waals surface area (Å²) < 4.78 is 131. The van der Waals surface area contributed by atoms with Crippen LogP contribution < -0.4 is 0 Å². The van der Waals surface area contributed by atoms with E-state index in [0.29, 0.717) is 0 Å². The molecular formula is C14H3F10NO. The van der Waals surface area contributed by atoms with Crippen molar-refractivity contribution in [1.82, 2.24) is 0 Å². The topological polar surface area (TPSA) is 21.6 Å². The molecule has 0 N–H and O–H groups in total. The molecule has 0 aliphatic rings. The van der Waals surface area contributed by atoms with Gasteiger partial charge in [-0.15, -0.1) is 0 Å². The van der Waals surface area contributed by atoms with Crippen molar-refractivity contribution in [2.75, 3.05) is 0 Å². The normalized spacial score (nSPS) is 11.5. The van der Waals surface area contributed by atoms with Crippen LogP contribution in [0.2, 0.25) is 0 Å². The summed E-state index contributed by atoms with van der Waals surface area (Å²) in [5, 5.41) is 2.70. The first-order chi connectivity index (χ1) is 12.1. The number of hydrogen-bond acceptors (Lipinski definition) is 2. The van der Waals surface area contributed by atoms with Gasteiger partial charge in [0, 0.05) is 0 Å². The minimum Gasteiger partial charge on any atom is -0.391 e. The maximum absolute atomic E-state index is 13.3. The van der Waals surface area contributed by atoms with Crippen molar-refractivity contribution < 1.29 is 48.7 Å². The van der Waals surface area contributed by atoms with Crippen LogP contribution in [0.5, 0.6) is 0 Å². The number of nitrogens with zero attached hydrogens (tertiary/aromatic N) is 1. The number of hydrogen-bond donors (Lipinski definition) is 0. The average Bonchev–Trinajstić information content (AvgIpc) is 2.63. The summed E-state index contributed by atoms with van der Waals surface area (Å²) in [5.74, 6) is -23.0. The summed E-state index contributed by atoms with van der Waals surface area (Å²) in [5.41, 5.74) is -3.00. The Morgan fingerprint density at radius 1 is 0.538 bits per heavy atom. The predicted molar refractivity (Wildman–Crippen MR) is 64.8 cm³/mol. The van der Waals surface area contributed by atoms with E-state index < -0.39 is 75.9 Å². The quantitative estimate of drug-likeness (QED) is 0.245. The Morgan fingerprint density at radius 3 is 1.31 bits per heavy atom. The Kier molecular flexibility index (Phi) is 5.42. The van der Waals surface area contributed by atoms with Gasteiger partial charge in [-0.3, -0.25) is 0 Å². The molecule has 26 heavy (non-hydrogen) atoms. The zero-order valence-corrected chi connectivity index (χ0v) is 11.9. The van der Waals surface area contributed by atoms with E-state index >= 15 is 0 Å². The molecule has 0 fully saturated rings. The first kappa shape index (κ1) is 19.5. The number of halogens is 10. The van der Waals surface area contributed by atoms with Gasteiger partial charge in [-0.1, -0.05) is 5.16 Å². The number of oxime groups is 1. The molecule has 2 aromatic rings. The third kappa shape index (κ3) is 3.18. The molecule has 140 valence electrons.